The van der Waals surface area contributed by atoms with Crippen molar-refractivity contribution in [2.45, 2.75) is 24.9 Å². The number of piperidine rings is 1. The molecular formula is C12H13F4N. The Balaban J connectivity index is 2.23. The van der Waals surface area contributed by atoms with Crippen molar-refractivity contribution < 1.29 is 17.6 Å². The summed E-state index contributed by atoms with van der Waals surface area (Å²) in [6.07, 6.45) is 0.0825. The Hall–Kier alpha value is -1.10. The van der Waals surface area contributed by atoms with Gasteiger partial charge < -0.3 is 5.32 Å². The lowest BCUT2D eigenvalue weighted by molar-refractivity contribution is 0.113. The highest BCUT2D eigenvalue weighted by atomic mass is 19.2. The maximum atomic E-state index is 14.3. The van der Waals surface area contributed by atoms with Gasteiger partial charge in [0.15, 0.2) is 0 Å². The van der Waals surface area contributed by atoms with Crippen molar-refractivity contribution in [2.24, 2.45) is 0 Å². The molecule has 0 aromatic heterocycles. The van der Waals surface area contributed by atoms with Gasteiger partial charge in [-0.15, -0.1) is 0 Å². The molecule has 1 aliphatic rings. The molecular weight excluding hydrogens is 234 g/mol. The minimum atomic E-state index is -1.61. The van der Waals surface area contributed by atoms with E-state index in [1.54, 1.807) is 0 Å². The molecule has 1 aromatic rings. The predicted molar refractivity (Wildman–Crippen MR) is 56.0 cm³/mol. The molecule has 1 saturated heterocycles. The van der Waals surface area contributed by atoms with Crippen molar-refractivity contribution in [3.8, 4) is 0 Å². The Labute approximate surface area is 96.8 Å². The molecule has 17 heavy (non-hydrogen) atoms. The molecule has 2 rings (SSSR count). The molecule has 0 atom stereocenters. The first-order valence-corrected chi connectivity index (χ1v) is 5.53. The largest absolute Gasteiger partial charge is 0.316 e. The highest BCUT2D eigenvalue weighted by Crippen LogP contribution is 2.30. The van der Waals surface area contributed by atoms with Gasteiger partial charge in [0.05, 0.1) is 0 Å². The van der Waals surface area contributed by atoms with Crippen LogP contribution in [-0.4, -0.2) is 18.8 Å². The van der Waals surface area contributed by atoms with E-state index < -0.39 is 23.1 Å². The normalized spacial score (nSPS) is 19.3. The Morgan fingerprint density at radius 3 is 2.12 bits per heavy atom. The minimum absolute atomic E-state index is 0.212. The SMILES string of the molecule is Fc1cc(F)c(CC2(F)CCNCC2)c(F)c1. The summed E-state index contributed by atoms with van der Waals surface area (Å²) >= 11 is 0. The lowest BCUT2D eigenvalue weighted by atomic mass is 9.87. The highest BCUT2D eigenvalue weighted by molar-refractivity contribution is 5.23. The van der Waals surface area contributed by atoms with E-state index in [-0.39, 0.29) is 24.8 Å². The van der Waals surface area contributed by atoms with Gasteiger partial charge in [-0.25, -0.2) is 17.6 Å². The van der Waals surface area contributed by atoms with Crippen molar-refractivity contribution >= 4 is 0 Å². The van der Waals surface area contributed by atoms with Crippen LogP contribution in [0.25, 0.3) is 0 Å². The molecule has 0 amide bonds. The van der Waals surface area contributed by atoms with Gasteiger partial charge in [0.25, 0.3) is 0 Å². The maximum Gasteiger partial charge on any atom is 0.132 e. The molecule has 1 aliphatic heterocycles. The van der Waals surface area contributed by atoms with Gasteiger partial charge in [-0.3, -0.25) is 0 Å². The second kappa shape index (κ2) is 4.64. The Morgan fingerprint density at radius 2 is 1.59 bits per heavy atom. The van der Waals surface area contributed by atoms with Gasteiger partial charge in [0.1, 0.15) is 23.1 Å². The number of hydrogen-bond acceptors (Lipinski definition) is 1. The van der Waals surface area contributed by atoms with Crippen molar-refractivity contribution in [2.75, 3.05) is 13.1 Å². The van der Waals surface area contributed by atoms with Gasteiger partial charge >= 0.3 is 0 Å². The Kier molecular flexibility index (Phi) is 3.38. The molecule has 1 heterocycles. The van der Waals surface area contributed by atoms with Crippen LogP contribution in [0, 0.1) is 17.5 Å². The van der Waals surface area contributed by atoms with E-state index in [4.69, 9.17) is 0 Å². The average Bonchev–Trinajstić information content (AvgIpc) is 2.24. The van der Waals surface area contributed by atoms with Crippen molar-refractivity contribution in [1.82, 2.24) is 5.32 Å². The molecule has 94 valence electrons. The summed E-state index contributed by atoms with van der Waals surface area (Å²) in [5.41, 5.74) is -1.97. The molecule has 0 saturated carbocycles. The molecule has 0 bridgehead atoms. The van der Waals surface area contributed by atoms with Crippen LogP contribution in [0.5, 0.6) is 0 Å². The molecule has 1 nitrogen and oxygen atoms in total. The van der Waals surface area contributed by atoms with E-state index in [0.29, 0.717) is 25.2 Å². The van der Waals surface area contributed by atoms with Crippen molar-refractivity contribution in [3.63, 3.8) is 0 Å². The van der Waals surface area contributed by atoms with Crippen LogP contribution in [0.4, 0.5) is 17.6 Å². The van der Waals surface area contributed by atoms with Gasteiger partial charge in [-0.2, -0.15) is 0 Å². The number of rotatable bonds is 2. The number of hydrogen-bond donors (Lipinski definition) is 1. The third kappa shape index (κ3) is 2.77. The van der Waals surface area contributed by atoms with Crippen LogP contribution in [0.15, 0.2) is 12.1 Å². The van der Waals surface area contributed by atoms with Crippen LogP contribution in [0.2, 0.25) is 0 Å². The molecule has 1 fully saturated rings. The number of halogens is 4. The van der Waals surface area contributed by atoms with E-state index in [1.165, 1.54) is 0 Å². The zero-order chi connectivity index (χ0) is 12.5. The van der Waals surface area contributed by atoms with E-state index in [1.807, 2.05) is 0 Å². The molecule has 1 N–H and O–H groups in total. The fourth-order valence-corrected chi connectivity index (χ4v) is 2.11. The maximum absolute atomic E-state index is 14.3. The summed E-state index contributed by atoms with van der Waals surface area (Å²) in [5.74, 6) is -3.02. The predicted octanol–water partition coefficient (Wildman–Crippen LogP) is 2.74. The lowest BCUT2D eigenvalue weighted by Crippen LogP contribution is -2.40. The van der Waals surface area contributed by atoms with Crippen LogP contribution in [0.1, 0.15) is 18.4 Å². The first-order valence-electron chi connectivity index (χ1n) is 5.53. The second-order valence-electron chi connectivity index (χ2n) is 4.43. The summed E-state index contributed by atoms with van der Waals surface area (Å²) in [6, 6.07) is 1.17. The summed E-state index contributed by atoms with van der Waals surface area (Å²) in [4.78, 5) is 0. The van der Waals surface area contributed by atoms with Crippen molar-refractivity contribution in [3.05, 3.63) is 35.1 Å². The molecule has 0 unspecified atom stereocenters. The highest BCUT2D eigenvalue weighted by Gasteiger charge is 2.33. The topological polar surface area (TPSA) is 12.0 Å². The molecule has 5 heteroatoms. The number of alkyl halides is 1. The van der Waals surface area contributed by atoms with Gasteiger partial charge in [0, 0.05) is 24.1 Å². The fourth-order valence-electron chi connectivity index (χ4n) is 2.11. The monoisotopic (exact) mass is 247 g/mol. The third-order valence-electron chi connectivity index (χ3n) is 3.10. The van der Waals surface area contributed by atoms with Crippen LogP contribution < -0.4 is 5.32 Å². The standard InChI is InChI=1S/C12H13F4N/c13-8-5-10(14)9(11(15)6-8)7-12(16)1-3-17-4-2-12/h5-6,17H,1-4,7H2. The van der Waals surface area contributed by atoms with Gasteiger partial charge in [-0.1, -0.05) is 0 Å². The number of benzene rings is 1. The zero-order valence-corrected chi connectivity index (χ0v) is 9.20. The van der Waals surface area contributed by atoms with E-state index in [2.05, 4.69) is 5.32 Å². The fraction of sp³-hybridized carbons (Fsp3) is 0.500. The first kappa shape index (κ1) is 12.4. The van der Waals surface area contributed by atoms with Gasteiger partial charge in [0.2, 0.25) is 0 Å². The molecule has 1 aromatic carbocycles. The smallest absolute Gasteiger partial charge is 0.132 e. The van der Waals surface area contributed by atoms with Crippen molar-refractivity contribution in [1.29, 1.82) is 0 Å². The third-order valence-corrected chi connectivity index (χ3v) is 3.10. The second-order valence-corrected chi connectivity index (χ2v) is 4.43. The van der Waals surface area contributed by atoms with E-state index in [0.717, 1.165) is 0 Å². The molecule has 0 radical (unpaired) electrons. The quantitative estimate of drug-likeness (QED) is 0.792. The summed E-state index contributed by atoms with van der Waals surface area (Å²) in [7, 11) is 0. The van der Waals surface area contributed by atoms with E-state index in [9.17, 15) is 17.6 Å². The summed E-state index contributed by atoms with van der Waals surface area (Å²) in [5, 5.41) is 2.98. The average molecular weight is 247 g/mol. The summed E-state index contributed by atoms with van der Waals surface area (Å²) in [6.45, 7) is 0.974. The zero-order valence-electron chi connectivity index (χ0n) is 9.20. The van der Waals surface area contributed by atoms with Crippen LogP contribution in [0.3, 0.4) is 0 Å². The van der Waals surface area contributed by atoms with Crippen LogP contribution in [-0.2, 0) is 6.42 Å². The van der Waals surface area contributed by atoms with Crippen LogP contribution >= 0.6 is 0 Å². The summed E-state index contributed by atoms with van der Waals surface area (Å²) < 4.78 is 53.7. The van der Waals surface area contributed by atoms with Gasteiger partial charge in [-0.05, 0) is 25.9 Å². The first-order chi connectivity index (χ1) is 8.00. The van der Waals surface area contributed by atoms with E-state index >= 15 is 0 Å². The minimum Gasteiger partial charge on any atom is -0.316 e. The Bertz CT molecular complexity index is 390. The number of nitrogens with one attached hydrogen (secondary N) is 1. The molecule has 0 spiro atoms. The Morgan fingerprint density at radius 1 is 1.06 bits per heavy atom. The lowest BCUT2D eigenvalue weighted by Gasteiger charge is -2.30. The molecule has 0 aliphatic carbocycles.